The molecular formula is C24H27ClN2O4. The van der Waals surface area contributed by atoms with Gasteiger partial charge in [0.05, 0.1) is 18.7 Å². The molecule has 31 heavy (non-hydrogen) atoms. The van der Waals surface area contributed by atoms with E-state index in [4.69, 9.17) is 16.3 Å². The van der Waals surface area contributed by atoms with E-state index < -0.39 is 17.7 Å². The van der Waals surface area contributed by atoms with Crippen LogP contribution in [0.4, 0.5) is 0 Å². The monoisotopic (exact) mass is 442 g/mol. The Morgan fingerprint density at radius 3 is 2.35 bits per heavy atom. The molecule has 0 radical (unpaired) electrons. The molecule has 0 spiro atoms. The third-order valence-corrected chi connectivity index (χ3v) is 5.89. The van der Waals surface area contributed by atoms with Crippen molar-refractivity contribution in [2.45, 2.75) is 19.9 Å². The van der Waals surface area contributed by atoms with Crippen LogP contribution in [0.1, 0.15) is 31.0 Å². The van der Waals surface area contributed by atoms with Crippen molar-refractivity contribution < 1.29 is 19.4 Å². The molecule has 1 heterocycles. The van der Waals surface area contributed by atoms with Gasteiger partial charge in [-0.2, -0.15) is 0 Å². The number of benzene rings is 2. The second kappa shape index (κ2) is 9.98. The normalized spacial score (nSPS) is 18.1. The highest BCUT2D eigenvalue weighted by molar-refractivity contribution is 6.46. The highest BCUT2D eigenvalue weighted by Crippen LogP contribution is 2.42. The van der Waals surface area contributed by atoms with Gasteiger partial charge < -0.3 is 19.6 Å². The number of carbonyl (C=O) groups is 2. The van der Waals surface area contributed by atoms with E-state index in [-0.39, 0.29) is 11.3 Å². The number of ketones is 1. The second-order valence-electron chi connectivity index (χ2n) is 7.27. The zero-order valence-corrected chi connectivity index (χ0v) is 18.7. The highest BCUT2D eigenvalue weighted by Gasteiger charge is 2.46. The molecular weight excluding hydrogens is 416 g/mol. The first-order valence-corrected chi connectivity index (χ1v) is 10.7. The number of carbonyl (C=O) groups excluding carboxylic acids is 2. The molecule has 7 heteroatoms. The summed E-state index contributed by atoms with van der Waals surface area (Å²) in [5.41, 5.74) is 1.13. The summed E-state index contributed by atoms with van der Waals surface area (Å²) in [5.74, 6) is -1.01. The van der Waals surface area contributed by atoms with E-state index in [1.165, 1.54) is 4.90 Å². The van der Waals surface area contributed by atoms with Crippen molar-refractivity contribution in [3.8, 4) is 5.75 Å². The fourth-order valence-electron chi connectivity index (χ4n) is 3.88. The molecule has 164 valence electrons. The Balaban J connectivity index is 2.14. The lowest BCUT2D eigenvalue weighted by molar-refractivity contribution is -0.140. The Bertz CT molecular complexity index is 983. The number of aliphatic hydroxyl groups is 1. The SMILES string of the molecule is CCN(CC)CCN1C(=O)C(=O)/C(=C(/O)c2ccc(Cl)cc2)C1c1ccccc1OC. The Hall–Kier alpha value is -2.83. The van der Waals surface area contributed by atoms with Gasteiger partial charge in [0.15, 0.2) is 0 Å². The number of methoxy groups -OCH3 is 1. The van der Waals surface area contributed by atoms with Crippen LogP contribution in [-0.2, 0) is 9.59 Å². The van der Waals surface area contributed by atoms with Gasteiger partial charge in [-0.1, -0.05) is 43.6 Å². The molecule has 1 saturated heterocycles. The molecule has 1 amide bonds. The Morgan fingerprint density at radius 1 is 1.10 bits per heavy atom. The third kappa shape index (κ3) is 4.60. The molecule has 2 aromatic rings. The van der Waals surface area contributed by atoms with Crippen molar-refractivity contribution in [1.29, 1.82) is 0 Å². The summed E-state index contributed by atoms with van der Waals surface area (Å²) >= 11 is 5.97. The topological polar surface area (TPSA) is 70.1 Å². The number of Topliss-reactive ketones (excluding diaryl/α,β-unsaturated/α-hetero) is 1. The van der Waals surface area contributed by atoms with Crippen LogP contribution < -0.4 is 4.74 Å². The van der Waals surface area contributed by atoms with E-state index in [0.29, 0.717) is 35.0 Å². The zero-order valence-electron chi connectivity index (χ0n) is 18.0. The summed E-state index contributed by atoms with van der Waals surface area (Å²) in [6.45, 7) is 6.75. The lowest BCUT2D eigenvalue weighted by atomic mass is 9.94. The first-order valence-electron chi connectivity index (χ1n) is 10.3. The van der Waals surface area contributed by atoms with Crippen LogP contribution in [0.3, 0.4) is 0 Å². The summed E-state index contributed by atoms with van der Waals surface area (Å²) in [5, 5.41) is 11.6. The molecule has 1 atom stereocenters. The van der Waals surface area contributed by atoms with Crippen molar-refractivity contribution in [3.63, 3.8) is 0 Å². The Labute approximate surface area is 187 Å². The smallest absolute Gasteiger partial charge is 0.295 e. The first-order chi connectivity index (χ1) is 14.9. The van der Waals surface area contributed by atoms with Gasteiger partial charge in [0.1, 0.15) is 11.5 Å². The van der Waals surface area contributed by atoms with E-state index in [1.54, 1.807) is 37.4 Å². The van der Waals surface area contributed by atoms with Crippen LogP contribution in [0.15, 0.2) is 54.1 Å². The van der Waals surface area contributed by atoms with Crippen molar-refractivity contribution in [2.75, 3.05) is 33.3 Å². The number of amides is 1. The maximum absolute atomic E-state index is 13.1. The van der Waals surface area contributed by atoms with E-state index in [1.807, 2.05) is 18.2 Å². The van der Waals surface area contributed by atoms with Crippen LogP contribution in [0.5, 0.6) is 5.75 Å². The van der Waals surface area contributed by atoms with E-state index in [2.05, 4.69) is 18.7 Å². The molecule has 6 nitrogen and oxygen atoms in total. The lowest BCUT2D eigenvalue weighted by Crippen LogP contribution is -2.38. The minimum atomic E-state index is -0.748. The number of aliphatic hydroxyl groups excluding tert-OH is 1. The Kier molecular flexibility index (Phi) is 7.36. The fraction of sp³-hybridized carbons (Fsp3) is 0.333. The molecule has 1 fully saturated rings. The largest absolute Gasteiger partial charge is 0.507 e. The number of hydrogen-bond acceptors (Lipinski definition) is 5. The highest BCUT2D eigenvalue weighted by atomic mass is 35.5. The number of hydrogen-bond donors (Lipinski definition) is 1. The molecule has 1 aliphatic rings. The maximum Gasteiger partial charge on any atom is 0.295 e. The molecule has 1 unspecified atom stereocenters. The molecule has 0 aromatic heterocycles. The molecule has 0 bridgehead atoms. The van der Waals surface area contributed by atoms with E-state index in [9.17, 15) is 14.7 Å². The summed E-state index contributed by atoms with van der Waals surface area (Å²) in [7, 11) is 1.54. The van der Waals surface area contributed by atoms with Crippen LogP contribution in [-0.4, -0.2) is 59.9 Å². The van der Waals surface area contributed by atoms with Gasteiger partial charge in [0.25, 0.3) is 11.7 Å². The number of halogens is 1. The van der Waals surface area contributed by atoms with Gasteiger partial charge in [-0.25, -0.2) is 0 Å². The summed E-state index contributed by atoms with van der Waals surface area (Å²) in [6, 6.07) is 13.0. The van der Waals surface area contributed by atoms with Crippen molar-refractivity contribution >= 4 is 29.1 Å². The molecule has 1 aliphatic heterocycles. The summed E-state index contributed by atoms with van der Waals surface area (Å²) in [4.78, 5) is 29.8. The number of para-hydroxylation sites is 1. The number of likely N-dealkylation sites (N-methyl/N-ethyl adjacent to an activating group) is 1. The lowest BCUT2D eigenvalue weighted by Gasteiger charge is -2.29. The minimum Gasteiger partial charge on any atom is -0.507 e. The minimum absolute atomic E-state index is 0.0522. The zero-order chi connectivity index (χ0) is 22.5. The number of rotatable bonds is 8. The number of nitrogens with zero attached hydrogens (tertiary/aromatic N) is 2. The van der Waals surface area contributed by atoms with Crippen molar-refractivity contribution in [3.05, 3.63) is 70.3 Å². The summed E-state index contributed by atoms with van der Waals surface area (Å²) in [6.07, 6.45) is 0. The van der Waals surface area contributed by atoms with Crippen LogP contribution in [0, 0.1) is 0 Å². The standard InChI is InChI=1S/C24H27ClN2O4/c1-4-26(5-2)14-15-27-21(18-8-6-7-9-19(18)31-3)20(23(29)24(27)30)22(28)16-10-12-17(25)13-11-16/h6-13,21,28H,4-5,14-15H2,1-3H3/b22-20+. The average molecular weight is 443 g/mol. The Morgan fingerprint density at radius 2 is 1.74 bits per heavy atom. The van der Waals surface area contributed by atoms with Gasteiger partial charge in [0, 0.05) is 29.2 Å². The average Bonchev–Trinajstić information content (AvgIpc) is 3.04. The quantitative estimate of drug-likeness (QED) is 0.378. The molecule has 2 aromatic carbocycles. The van der Waals surface area contributed by atoms with Gasteiger partial charge >= 0.3 is 0 Å². The predicted octanol–water partition coefficient (Wildman–Crippen LogP) is 4.11. The molecule has 1 N–H and O–H groups in total. The van der Waals surface area contributed by atoms with Gasteiger partial charge in [-0.3, -0.25) is 9.59 Å². The molecule has 0 saturated carbocycles. The van der Waals surface area contributed by atoms with Crippen LogP contribution in [0.25, 0.3) is 5.76 Å². The fourth-order valence-corrected chi connectivity index (χ4v) is 4.00. The molecule has 0 aliphatic carbocycles. The van der Waals surface area contributed by atoms with Crippen LogP contribution in [0.2, 0.25) is 5.02 Å². The first kappa shape index (κ1) is 22.8. The van der Waals surface area contributed by atoms with Crippen molar-refractivity contribution in [1.82, 2.24) is 9.80 Å². The van der Waals surface area contributed by atoms with Gasteiger partial charge in [-0.05, 0) is 43.4 Å². The number of ether oxygens (including phenoxy) is 1. The van der Waals surface area contributed by atoms with Crippen LogP contribution >= 0.6 is 11.6 Å². The van der Waals surface area contributed by atoms with E-state index >= 15 is 0 Å². The van der Waals surface area contributed by atoms with Gasteiger partial charge in [0.2, 0.25) is 0 Å². The molecule has 3 rings (SSSR count). The maximum atomic E-state index is 13.1. The second-order valence-corrected chi connectivity index (χ2v) is 7.70. The van der Waals surface area contributed by atoms with Crippen molar-refractivity contribution in [2.24, 2.45) is 0 Å². The van der Waals surface area contributed by atoms with Gasteiger partial charge in [-0.15, -0.1) is 0 Å². The van der Waals surface area contributed by atoms with E-state index in [0.717, 1.165) is 13.1 Å². The predicted molar refractivity (Wildman–Crippen MR) is 121 cm³/mol. The number of likely N-dealkylation sites (tertiary alicyclic amines) is 1. The summed E-state index contributed by atoms with van der Waals surface area (Å²) < 4.78 is 5.51. The third-order valence-electron chi connectivity index (χ3n) is 5.64.